The van der Waals surface area contributed by atoms with Gasteiger partial charge in [0, 0.05) is 6.07 Å². The third-order valence-corrected chi connectivity index (χ3v) is 1.55. The number of hydrogen-bond acceptors (Lipinski definition) is 3. The van der Waals surface area contributed by atoms with Gasteiger partial charge in [-0.15, -0.1) is 0 Å². The van der Waals surface area contributed by atoms with E-state index in [9.17, 15) is 14.9 Å². The van der Waals surface area contributed by atoms with Crippen LogP contribution in [0.3, 0.4) is 0 Å². The Morgan fingerprint density at radius 1 is 1.50 bits per heavy atom. The summed E-state index contributed by atoms with van der Waals surface area (Å²) in [6.45, 7) is 1.63. The Morgan fingerprint density at radius 2 is 2.17 bits per heavy atom. The maximum atomic E-state index is 10.4. The minimum absolute atomic E-state index is 0.0301. The van der Waals surface area contributed by atoms with Crippen molar-refractivity contribution in [2.24, 2.45) is 0 Å². The molecule has 0 aliphatic heterocycles. The zero-order chi connectivity index (χ0) is 9.14. The van der Waals surface area contributed by atoms with E-state index in [0.29, 0.717) is 5.56 Å². The average molecular weight is 164 g/mol. The normalized spacial score (nSPS) is 9.42. The molecule has 4 heteroatoms. The summed E-state index contributed by atoms with van der Waals surface area (Å²) in [4.78, 5) is 20.1. The van der Waals surface area contributed by atoms with Crippen molar-refractivity contribution in [3.8, 4) is 0 Å². The first-order valence-electron chi connectivity index (χ1n) is 3.29. The number of nitrogens with zero attached hydrogens (tertiary/aromatic N) is 1. The summed E-state index contributed by atoms with van der Waals surface area (Å²) in [5.74, 6) is 0. The van der Waals surface area contributed by atoms with E-state index >= 15 is 0 Å². The second-order valence-corrected chi connectivity index (χ2v) is 2.33. The van der Waals surface area contributed by atoms with Crippen LogP contribution < -0.4 is 0 Å². The van der Waals surface area contributed by atoms with Gasteiger partial charge < -0.3 is 0 Å². The van der Waals surface area contributed by atoms with Crippen LogP contribution >= 0.6 is 0 Å². The first kappa shape index (κ1) is 8.39. The fraction of sp³-hybridized carbons (Fsp3) is 0.125. The predicted octanol–water partition coefficient (Wildman–Crippen LogP) is 1.36. The van der Waals surface area contributed by atoms with E-state index in [0.717, 1.165) is 0 Å². The first-order valence-corrected chi connectivity index (χ1v) is 3.29. The van der Waals surface area contributed by atoms with Gasteiger partial charge in [0.1, 0.15) is 5.56 Å². The van der Waals surface area contributed by atoms with Crippen molar-refractivity contribution in [2.45, 2.75) is 6.92 Å². The monoisotopic (exact) mass is 164 g/mol. The Morgan fingerprint density at radius 3 is 2.58 bits per heavy atom. The lowest BCUT2D eigenvalue weighted by molar-refractivity contribution is -0.385. The fourth-order valence-corrected chi connectivity index (χ4v) is 0.937. The summed E-state index contributed by atoms with van der Waals surface area (Å²) >= 11 is 0. The van der Waals surface area contributed by atoms with Crippen LogP contribution in [0.25, 0.3) is 0 Å². The standard InChI is InChI=1S/C8H6NO3/c1-6-3-2-4-8(9(11)12)7(6)5-10/h2-4H,1H3. The maximum Gasteiger partial charge on any atom is 0.280 e. The number of carbonyl (C=O) groups excluding carboxylic acids is 1. The summed E-state index contributed by atoms with van der Waals surface area (Å²) in [6.07, 6.45) is 1.55. The van der Waals surface area contributed by atoms with Crippen molar-refractivity contribution in [2.75, 3.05) is 0 Å². The van der Waals surface area contributed by atoms with Gasteiger partial charge in [-0.2, -0.15) is 0 Å². The van der Waals surface area contributed by atoms with Crippen molar-refractivity contribution in [1.29, 1.82) is 0 Å². The summed E-state index contributed by atoms with van der Waals surface area (Å²) in [7, 11) is 0. The highest BCUT2D eigenvalue weighted by Gasteiger charge is 2.14. The van der Waals surface area contributed by atoms with Gasteiger partial charge >= 0.3 is 0 Å². The van der Waals surface area contributed by atoms with E-state index in [1.807, 2.05) is 0 Å². The molecule has 0 saturated heterocycles. The molecule has 4 nitrogen and oxygen atoms in total. The van der Waals surface area contributed by atoms with Crippen LogP contribution in [0.15, 0.2) is 18.2 Å². The van der Waals surface area contributed by atoms with Gasteiger partial charge in [0.15, 0.2) is 0 Å². The second-order valence-electron chi connectivity index (χ2n) is 2.33. The van der Waals surface area contributed by atoms with E-state index in [-0.39, 0.29) is 11.3 Å². The van der Waals surface area contributed by atoms with Crippen LogP contribution in [0.1, 0.15) is 11.1 Å². The summed E-state index contributed by atoms with van der Waals surface area (Å²) < 4.78 is 0. The van der Waals surface area contributed by atoms with Crippen LogP contribution in [0.2, 0.25) is 0 Å². The van der Waals surface area contributed by atoms with E-state index < -0.39 is 4.92 Å². The number of aryl methyl sites for hydroxylation is 1. The third-order valence-electron chi connectivity index (χ3n) is 1.55. The minimum atomic E-state index is -0.590. The summed E-state index contributed by atoms with van der Waals surface area (Å²) in [5, 5.41) is 10.4. The molecule has 0 aromatic heterocycles. The molecule has 0 aliphatic carbocycles. The molecular weight excluding hydrogens is 158 g/mol. The zero-order valence-electron chi connectivity index (χ0n) is 6.40. The number of nitro benzene ring substituents is 1. The molecular formula is C8H6NO3. The van der Waals surface area contributed by atoms with Crippen molar-refractivity contribution < 1.29 is 9.72 Å². The lowest BCUT2D eigenvalue weighted by atomic mass is 10.1. The molecule has 0 N–H and O–H groups in total. The van der Waals surface area contributed by atoms with Gasteiger partial charge in [0.25, 0.3) is 5.69 Å². The quantitative estimate of drug-likeness (QED) is 0.489. The van der Waals surface area contributed by atoms with Crippen LogP contribution in [-0.2, 0) is 4.79 Å². The molecule has 0 saturated carbocycles. The molecule has 0 fully saturated rings. The highest BCUT2D eigenvalue weighted by atomic mass is 16.6. The van der Waals surface area contributed by atoms with E-state index in [2.05, 4.69) is 0 Å². The maximum absolute atomic E-state index is 10.4. The second kappa shape index (κ2) is 3.13. The van der Waals surface area contributed by atoms with E-state index in [4.69, 9.17) is 0 Å². The highest BCUT2D eigenvalue weighted by molar-refractivity contribution is 5.83. The third kappa shape index (κ3) is 1.32. The average Bonchev–Trinajstić information content (AvgIpc) is 2.03. The van der Waals surface area contributed by atoms with Crippen molar-refractivity contribution in [3.05, 3.63) is 39.4 Å². The van der Waals surface area contributed by atoms with Crippen LogP contribution in [-0.4, -0.2) is 11.2 Å². The molecule has 0 atom stereocenters. The molecule has 1 radical (unpaired) electrons. The molecule has 1 aromatic rings. The molecule has 0 unspecified atom stereocenters. The Labute approximate surface area is 69.0 Å². The lowest BCUT2D eigenvalue weighted by Gasteiger charge is -1.96. The molecule has 0 spiro atoms. The van der Waals surface area contributed by atoms with Gasteiger partial charge in [-0.05, 0) is 12.5 Å². The summed E-state index contributed by atoms with van der Waals surface area (Å²) in [5.41, 5.74) is 0.409. The molecule has 0 aliphatic rings. The van der Waals surface area contributed by atoms with E-state index in [1.165, 1.54) is 12.1 Å². The Balaban J connectivity index is 3.37. The first-order chi connectivity index (χ1) is 5.66. The lowest BCUT2D eigenvalue weighted by Crippen LogP contribution is -1.96. The van der Waals surface area contributed by atoms with Gasteiger partial charge in [-0.3, -0.25) is 14.9 Å². The Bertz CT molecular complexity index is 333. The molecule has 61 valence electrons. The fourth-order valence-electron chi connectivity index (χ4n) is 0.937. The SMILES string of the molecule is Cc1cccc([N+](=O)[O-])c1[C]=O. The largest absolute Gasteiger partial charge is 0.285 e. The molecule has 12 heavy (non-hydrogen) atoms. The Hall–Kier alpha value is -1.71. The minimum Gasteiger partial charge on any atom is -0.285 e. The van der Waals surface area contributed by atoms with Gasteiger partial charge in [0.2, 0.25) is 6.29 Å². The topological polar surface area (TPSA) is 60.2 Å². The van der Waals surface area contributed by atoms with Crippen LogP contribution in [0, 0.1) is 17.0 Å². The zero-order valence-corrected chi connectivity index (χ0v) is 6.40. The smallest absolute Gasteiger partial charge is 0.280 e. The molecule has 1 aromatic carbocycles. The highest BCUT2D eigenvalue weighted by Crippen LogP contribution is 2.18. The Kier molecular flexibility index (Phi) is 2.19. The number of benzene rings is 1. The van der Waals surface area contributed by atoms with E-state index in [1.54, 1.807) is 19.3 Å². The van der Waals surface area contributed by atoms with Gasteiger partial charge in [-0.1, -0.05) is 12.1 Å². The number of rotatable bonds is 2. The summed E-state index contributed by atoms with van der Waals surface area (Å²) in [6, 6.07) is 4.45. The predicted molar refractivity (Wildman–Crippen MR) is 42.6 cm³/mol. The number of hydrogen-bond donors (Lipinski definition) is 0. The molecule has 0 heterocycles. The van der Waals surface area contributed by atoms with Crippen molar-refractivity contribution in [1.82, 2.24) is 0 Å². The molecule has 0 bridgehead atoms. The number of nitro groups is 1. The van der Waals surface area contributed by atoms with Gasteiger partial charge in [0.05, 0.1) is 4.92 Å². The molecule has 1 rings (SSSR count). The van der Waals surface area contributed by atoms with Crippen LogP contribution in [0.5, 0.6) is 0 Å². The van der Waals surface area contributed by atoms with Crippen LogP contribution in [0.4, 0.5) is 5.69 Å². The van der Waals surface area contributed by atoms with Gasteiger partial charge in [-0.25, -0.2) is 0 Å². The van der Waals surface area contributed by atoms with Crippen molar-refractivity contribution in [3.63, 3.8) is 0 Å². The molecule has 0 amide bonds. The van der Waals surface area contributed by atoms with Crippen molar-refractivity contribution >= 4 is 12.0 Å².